The number of nitrogens with zero attached hydrogens (tertiary/aromatic N) is 1. The highest BCUT2D eigenvalue weighted by molar-refractivity contribution is 7.92. The van der Waals surface area contributed by atoms with Gasteiger partial charge in [0.1, 0.15) is 0 Å². The fourth-order valence-electron chi connectivity index (χ4n) is 1.92. The Kier molecular flexibility index (Phi) is 5.57. The van der Waals surface area contributed by atoms with Gasteiger partial charge >= 0.3 is 0 Å². The molecule has 0 spiro atoms. The van der Waals surface area contributed by atoms with Crippen LogP contribution in [0.5, 0.6) is 0 Å². The van der Waals surface area contributed by atoms with E-state index < -0.39 is 10.0 Å². The first-order chi connectivity index (χ1) is 10.9. The second kappa shape index (κ2) is 7.43. The molecule has 0 fully saturated rings. The molecule has 5 nitrogen and oxygen atoms in total. The number of hydrogen-bond acceptors (Lipinski definition) is 3. The zero-order valence-electron chi connectivity index (χ0n) is 13.0. The Morgan fingerprint density at radius 1 is 1.13 bits per heavy atom. The Labute approximate surface area is 142 Å². The lowest BCUT2D eigenvalue weighted by molar-refractivity contribution is 0.600. The summed E-state index contributed by atoms with van der Waals surface area (Å²) in [5.74, 6) is 0. The number of benzene rings is 2. The molecule has 0 heterocycles. The predicted octanol–water partition coefficient (Wildman–Crippen LogP) is 2.57. The minimum atomic E-state index is -3.29. The predicted molar refractivity (Wildman–Crippen MR) is 99.2 cm³/mol. The summed E-state index contributed by atoms with van der Waals surface area (Å²) in [6.07, 6.45) is 1.17. The normalized spacial score (nSPS) is 10.9. The molecule has 0 unspecified atom stereocenters. The van der Waals surface area contributed by atoms with E-state index >= 15 is 0 Å². The van der Waals surface area contributed by atoms with Gasteiger partial charge in [-0.05, 0) is 36.0 Å². The van der Waals surface area contributed by atoms with Crippen molar-refractivity contribution in [3.63, 3.8) is 0 Å². The Balaban J connectivity index is 1.99. The van der Waals surface area contributed by atoms with Crippen LogP contribution in [0.3, 0.4) is 0 Å². The van der Waals surface area contributed by atoms with Crippen LogP contribution < -0.4 is 14.9 Å². The summed E-state index contributed by atoms with van der Waals surface area (Å²) < 4.78 is 24.4. The fourth-order valence-corrected chi connectivity index (χ4v) is 2.61. The Morgan fingerprint density at radius 3 is 2.48 bits per heavy atom. The third kappa shape index (κ3) is 5.22. The molecular formula is C16H19N3O2S2. The molecule has 2 rings (SSSR count). The fraction of sp³-hybridized carbons (Fsp3) is 0.188. The van der Waals surface area contributed by atoms with Crippen molar-refractivity contribution in [2.24, 2.45) is 0 Å². The van der Waals surface area contributed by atoms with E-state index in [0.717, 1.165) is 11.3 Å². The van der Waals surface area contributed by atoms with Crippen LogP contribution in [0.25, 0.3) is 0 Å². The lowest BCUT2D eigenvalue weighted by Crippen LogP contribution is -2.28. The Morgan fingerprint density at radius 2 is 1.83 bits per heavy atom. The third-order valence-corrected chi connectivity index (χ3v) is 4.71. The summed E-state index contributed by atoms with van der Waals surface area (Å²) in [5.41, 5.74) is 2.43. The zero-order chi connectivity index (χ0) is 16.9. The van der Waals surface area contributed by atoms with Gasteiger partial charge < -0.3 is 10.6 Å². The molecule has 0 saturated heterocycles. The monoisotopic (exact) mass is 349 g/mol. The molecule has 2 aromatic carbocycles. The highest BCUT2D eigenvalue weighted by Gasteiger charge is 2.12. The smallest absolute Gasteiger partial charge is 0.231 e. The second-order valence-electron chi connectivity index (χ2n) is 5.07. The van der Waals surface area contributed by atoms with E-state index in [1.54, 1.807) is 18.2 Å². The SMILES string of the molecule is CN(c1cccc(NC(=S)NCc2ccccc2)c1)S(C)(=O)=O. The number of hydrogen-bond donors (Lipinski definition) is 2. The van der Waals surface area contributed by atoms with Crippen molar-refractivity contribution >= 4 is 38.7 Å². The van der Waals surface area contributed by atoms with Crippen molar-refractivity contribution in [1.29, 1.82) is 0 Å². The molecule has 2 aromatic rings. The Bertz CT molecular complexity index is 777. The van der Waals surface area contributed by atoms with Crippen molar-refractivity contribution in [1.82, 2.24) is 5.32 Å². The van der Waals surface area contributed by atoms with E-state index in [1.807, 2.05) is 36.4 Å². The molecule has 0 amide bonds. The first kappa shape index (κ1) is 17.2. The van der Waals surface area contributed by atoms with Crippen LogP contribution in [0.1, 0.15) is 5.56 Å². The number of thiocarbonyl (C=S) groups is 1. The van der Waals surface area contributed by atoms with Gasteiger partial charge in [-0.15, -0.1) is 0 Å². The van der Waals surface area contributed by atoms with Crippen LogP contribution >= 0.6 is 12.2 Å². The molecule has 122 valence electrons. The quantitative estimate of drug-likeness (QED) is 0.813. The van der Waals surface area contributed by atoms with Gasteiger partial charge in [-0.25, -0.2) is 8.42 Å². The van der Waals surface area contributed by atoms with Crippen LogP contribution in [0.15, 0.2) is 54.6 Å². The van der Waals surface area contributed by atoms with E-state index in [-0.39, 0.29) is 0 Å². The standard InChI is InChI=1S/C16H19N3O2S2/c1-19(23(2,20)21)15-10-6-9-14(11-15)18-16(22)17-12-13-7-4-3-5-8-13/h3-11H,12H2,1-2H3,(H2,17,18,22). The van der Waals surface area contributed by atoms with Gasteiger partial charge in [-0.3, -0.25) is 4.31 Å². The summed E-state index contributed by atoms with van der Waals surface area (Å²) in [6, 6.07) is 17.0. The maximum atomic E-state index is 11.6. The molecule has 0 saturated carbocycles. The number of anilines is 2. The van der Waals surface area contributed by atoms with Gasteiger partial charge in [0, 0.05) is 19.3 Å². The number of nitrogens with one attached hydrogen (secondary N) is 2. The molecular weight excluding hydrogens is 330 g/mol. The molecule has 7 heteroatoms. The molecule has 0 aliphatic carbocycles. The average Bonchev–Trinajstić information content (AvgIpc) is 2.52. The zero-order valence-corrected chi connectivity index (χ0v) is 14.6. The highest BCUT2D eigenvalue weighted by Crippen LogP contribution is 2.20. The Hall–Kier alpha value is -2.12. The largest absolute Gasteiger partial charge is 0.358 e. The van der Waals surface area contributed by atoms with E-state index in [9.17, 15) is 8.42 Å². The van der Waals surface area contributed by atoms with Crippen LogP contribution in [0.2, 0.25) is 0 Å². The van der Waals surface area contributed by atoms with E-state index in [2.05, 4.69) is 10.6 Å². The summed E-state index contributed by atoms with van der Waals surface area (Å²) in [6.45, 7) is 0.621. The summed E-state index contributed by atoms with van der Waals surface area (Å²) in [7, 11) is -1.78. The molecule has 0 aliphatic heterocycles. The van der Waals surface area contributed by atoms with Crippen molar-refractivity contribution < 1.29 is 8.42 Å². The second-order valence-corrected chi connectivity index (χ2v) is 7.50. The molecule has 0 atom stereocenters. The van der Waals surface area contributed by atoms with Gasteiger partial charge in [0.2, 0.25) is 10.0 Å². The van der Waals surface area contributed by atoms with Gasteiger partial charge in [-0.2, -0.15) is 0 Å². The van der Waals surface area contributed by atoms with Crippen LogP contribution in [0.4, 0.5) is 11.4 Å². The minimum Gasteiger partial charge on any atom is -0.358 e. The van der Waals surface area contributed by atoms with Crippen LogP contribution in [0, 0.1) is 0 Å². The molecule has 23 heavy (non-hydrogen) atoms. The van der Waals surface area contributed by atoms with E-state index in [0.29, 0.717) is 17.3 Å². The van der Waals surface area contributed by atoms with Crippen LogP contribution in [-0.2, 0) is 16.6 Å². The maximum absolute atomic E-state index is 11.6. The lowest BCUT2D eigenvalue weighted by atomic mass is 10.2. The van der Waals surface area contributed by atoms with Crippen molar-refractivity contribution in [3.05, 3.63) is 60.2 Å². The summed E-state index contributed by atoms with van der Waals surface area (Å²) in [5, 5.41) is 6.65. The third-order valence-electron chi connectivity index (χ3n) is 3.26. The minimum absolute atomic E-state index is 0.480. The topological polar surface area (TPSA) is 61.4 Å². The summed E-state index contributed by atoms with van der Waals surface area (Å²) in [4.78, 5) is 0. The van der Waals surface area contributed by atoms with E-state index in [1.165, 1.54) is 17.6 Å². The van der Waals surface area contributed by atoms with Gasteiger partial charge in [0.05, 0.1) is 11.9 Å². The van der Waals surface area contributed by atoms with Gasteiger partial charge in [0.15, 0.2) is 5.11 Å². The molecule has 2 N–H and O–H groups in total. The van der Waals surface area contributed by atoms with E-state index in [4.69, 9.17) is 12.2 Å². The average molecular weight is 349 g/mol. The lowest BCUT2D eigenvalue weighted by Gasteiger charge is -2.18. The number of rotatable bonds is 5. The number of sulfonamides is 1. The molecule has 0 radical (unpaired) electrons. The van der Waals surface area contributed by atoms with Gasteiger partial charge in [-0.1, -0.05) is 36.4 Å². The van der Waals surface area contributed by atoms with Crippen molar-refractivity contribution in [3.8, 4) is 0 Å². The van der Waals surface area contributed by atoms with Crippen molar-refractivity contribution in [2.75, 3.05) is 22.9 Å². The van der Waals surface area contributed by atoms with Gasteiger partial charge in [0.25, 0.3) is 0 Å². The molecule has 0 aliphatic rings. The first-order valence-corrected chi connectivity index (χ1v) is 9.24. The first-order valence-electron chi connectivity index (χ1n) is 6.99. The van der Waals surface area contributed by atoms with Crippen molar-refractivity contribution in [2.45, 2.75) is 6.54 Å². The maximum Gasteiger partial charge on any atom is 0.231 e. The highest BCUT2D eigenvalue weighted by atomic mass is 32.2. The molecule has 0 aromatic heterocycles. The van der Waals surface area contributed by atoms with Crippen LogP contribution in [-0.4, -0.2) is 26.8 Å². The summed E-state index contributed by atoms with van der Waals surface area (Å²) >= 11 is 5.26. The molecule has 0 bridgehead atoms.